The number of morpholine rings is 1. The Morgan fingerprint density at radius 3 is 2.22 bits per heavy atom. The number of esters is 1. The second-order valence-electron chi connectivity index (χ2n) is 15.0. The van der Waals surface area contributed by atoms with Crippen LogP contribution in [-0.4, -0.2) is 109 Å². The standard InChI is InChI=1S/C46H60N2O10/c1-51-39-20-18-32(28-40(39)52-2)17-19-38(34-14-11-15-36(29-34)57-27-24-47-22-25-56-26-23-47)58-46(50)37-16-9-10-21-48(37)45(49)43(33-12-7-6-8-13-33)35-30-41(53-3)44(55-5)42(31-35)54-4/h7,11-12,14-15,18,20,28-31,33,37-38,43H,6,8-10,13,16-17,19,21-27H2,1-5H3/t33-,37+,38-,43+/m1/s1. The van der Waals surface area contributed by atoms with Gasteiger partial charge in [0.05, 0.1) is 54.7 Å². The zero-order valence-electron chi connectivity index (χ0n) is 34.7. The van der Waals surface area contributed by atoms with Crippen LogP contribution in [0.5, 0.6) is 34.5 Å². The topological polar surface area (TPSA) is 114 Å². The summed E-state index contributed by atoms with van der Waals surface area (Å²) in [5, 5.41) is 0. The molecule has 1 aliphatic carbocycles. The molecule has 3 aliphatic rings. The summed E-state index contributed by atoms with van der Waals surface area (Å²) in [7, 11) is 7.94. The van der Waals surface area contributed by atoms with Crippen LogP contribution in [0.3, 0.4) is 0 Å². The number of aryl methyl sites for hydroxylation is 1. The number of carbonyl (C=O) groups excluding carboxylic acids is 2. The number of allylic oxidation sites excluding steroid dienone is 2. The van der Waals surface area contributed by atoms with Gasteiger partial charge in [-0.15, -0.1) is 0 Å². The van der Waals surface area contributed by atoms with Crippen molar-refractivity contribution >= 4 is 11.9 Å². The summed E-state index contributed by atoms with van der Waals surface area (Å²) in [5.74, 6) is 2.26. The molecule has 12 heteroatoms. The van der Waals surface area contributed by atoms with Crippen molar-refractivity contribution in [3.05, 3.63) is 83.4 Å². The maximum Gasteiger partial charge on any atom is 0.329 e. The van der Waals surface area contributed by atoms with Gasteiger partial charge in [0.25, 0.3) is 0 Å². The Labute approximate surface area is 343 Å². The van der Waals surface area contributed by atoms with Crippen LogP contribution in [0.1, 0.15) is 73.7 Å². The Kier molecular flexibility index (Phi) is 15.6. The van der Waals surface area contributed by atoms with Gasteiger partial charge in [0.15, 0.2) is 23.0 Å². The van der Waals surface area contributed by atoms with Gasteiger partial charge in [0.2, 0.25) is 11.7 Å². The summed E-state index contributed by atoms with van der Waals surface area (Å²) in [6, 6.07) is 16.6. The van der Waals surface area contributed by atoms with Gasteiger partial charge in [0.1, 0.15) is 24.5 Å². The molecule has 58 heavy (non-hydrogen) atoms. The SMILES string of the molecule is COc1ccc(CC[C@@H](OC(=O)[C@@H]2CCCCN2C(=O)[C@H](c2cc(OC)c(OC)c(OC)c2)[C@@H]2C=CCCC2)c2cccc(OCCN3CCOCC3)c2)cc1OC. The summed E-state index contributed by atoms with van der Waals surface area (Å²) in [6.07, 6.45) is 9.70. The van der Waals surface area contributed by atoms with Gasteiger partial charge in [-0.2, -0.15) is 0 Å². The molecule has 3 aromatic rings. The lowest BCUT2D eigenvalue weighted by atomic mass is 9.78. The normalized spacial score (nSPS) is 19.4. The number of piperidine rings is 1. The Balaban J connectivity index is 1.26. The summed E-state index contributed by atoms with van der Waals surface area (Å²) >= 11 is 0. The third-order valence-corrected chi connectivity index (χ3v) is 11.5. The fourth-order valence-corrected chi connectivity index (χ4v) is 8.36. The third kappa shape index (κ3) is 10.6. The van der Waals surface area contributed by atoms with Crippen LogP contribution in [0.4, 0.5) is 0 Å². The molecule has 4 atom stereocenters. The van der Waals surface area contributed by atoms with Gasteiger partial charge in [0, 0.05) is 26.2 Å². The molecule has 314 valence electrons. The highest BCUT2D eigenvalue weighted by Gasteiger charge is 2.41. The van der Waals surface area contributed by atoms with E-state index in [-0.39, 0.29) is 11.8 Å². The first-order chi connectivity index (χ1) is 28.4. The Morgan fingerprint density at radius 1 is 0.776 bits per heavy atom. The molecule has 6 rings (SSSR count). The molecule has 12 nitrogen and oxygen atoms in total. The van der Waals surface area contributed by atoms with E-state index in [1.807, 2.05) is 54.6 Å². The van der Waals surface area contributed by atoms with Crippen LogP contribution in [0.15, 0.2) is 66.7 Å². The molecule has 0 unspecified atom stereocenters. The van der Waals surface area contributed by atoms with E-state index in [9.17, 15) is 4.79 Å². The van der Waals surface area contributed by atoms with Gasteiger partial charge in [-0.25, -0.2) is 4.79 Å². The number of benzene rings is 3. The lowest BCUT2D eigenvalue weighted by Gasteiger charge is -2.39. The van der Waals surface area contributed by atoms with E-state index in [2.05, 4.69) is 17.1 Å². The Hall–Kier alpha value is -4.94. The van der Waals surface area contributed by atoms with Crippen LogP contribution >= 0.6 is 0 Å². The molecule has 2 fully saturated rings. The monoisotopic (exact) mass is 800 g/mol. The fraction of sp³-hybridized carbons (Fsp3) is 0.522. The summed E-state index contributed by atoms with van der Waals surface area (Å²) in [5.41, 5.74) is 2.60. The molecule has 0 bridgehead atoms. The van der Waals surface area contributed by atoms with Gasteiger partial charge in [-0.1, -0.05) is 30.4 Å². The molecule has 0 saturated carbocycles. The first-order valence-corrected chi connectivity index (χ1v) is 20.6. The van der Waals surface area contributed by atoms with Crippen molar-refractivity contribution < 1.29 is 47.5 Å². The molecule has 0 spiro atoms. The summed E-state index contributed by atoms with van der Waals surface area (Å²) < 4.78 is 46.3. The van der Waals surface area contributed by atoms with E-state index in [0.717, 1.165) is 81.6 Å². The Morgan fingerprint density at radius 2 is 1.53 bits per heavy atom. The highest BCUT2D eigenvalue weighted by Crippen LogP contribution is 2.44. The molecular weight excluding hydrogens is 741 g/mol. The molecule has 2 aliphatic heterocycles. The van der Waals surface area contributed by atoms with E-state index in [1.165, 1.54) is 0 Å². The maximum atomic E-state index is 15.0. The predicted octanol–water partition coefficient (Wildman–Crippen LogP) is 7.18. The number of nitrogens with zero attached hydrogens (tertiary/aromatic N) is 2. The first kappa shape index (κ1) is 42.7. The lowest BCUT2D eigenvalue weighted by molar-refractivity contribution is -0.163. The number of hydrogen-bond donors (Lipinski definition) is 0. The molecule has 2 heterocycles. The Bertz CT molecular complexity index is 1820. The number of ether oxygens (including phenoxy) is 8. The highest BCUT2D eigenvalue weighted by molar-refractivity contribution is 5.90. The summed E-state index contributed by atoms with van der Waals surface area (Å²) in [4.78, 5) is 33.7. The number of hydrogen-bond acceptors (Lipinski definition) is 11. The number of rotatable bonds is 18. The smallest absolute Gasteiger partial charge is 0.329 e. The highest BCUT2D eigenvalue weighted by atomic mass is 16.5. The van der Waals surface area contributed by atoms with Crippen molar-refractivity contribution in [3.8, 4) is 34.5 Å². The van der Waals surface area contributed by atoms with Crippen molar-refractivity contribution in [2.45, 2.75) is 69.4 Å². The van der Waals surface area contributed by atoms with Crippen LogP contribution < -0.4 is 28.4 Å². The van der Waals surface area contributed by atoms with Crippen molar-refractivity contribution in [2.75, 3.05) is 81.5 Å². The maximum absolute atomic E-state index is 15.0. The zero-order valence-corrected chi connectivity index (χ0v) is 34.7. The van der Waals surface area contributed by atoms with Crippen LogP contribution in [0.25, 0.3) is 0 Å². The van der Waals surface area contributed by atoms with Crippen molar-refractivity contribution in [3.63, 3.8) is 0 Å². The molecule has 1 amide bonds. The minimum atomic E-state index is -0.741. The lowest BCUT2D eigenvalue weighted by Crippen LogP contribution is -2.51. The van der Waals surface area contributed by atoms with E-state index >= 15 is 4.79 Å². The molecular formula is C46H60N2O10. The fourth-order valence-electron chi connectivity index (χ4n) is 8.36. The number of amides is 1. The van der Waals surface area contributed by atoms with Crippen LogP contribution in [0, 0.1) is 5.92 Å². The van der Waals surface area contributed by atoms with Gasteiger partial charge < -0.3 is 42.8 Å². The molecule has 0 aromatic heterocycles. The molecule has 0 radical (unpaired) electrons. The quantitative estimate of drug-likeness (QED) is 0.0964. The average molecular weight is 801 g/mol. The van der Waals surface area contributed by atoms with Gasteiger partial charge in [-0.3, -0.25) is 9.69 Å². The van der Waals surface area contributed by atoms with Crippen LogP contribution in [0.2, 0.25) is 0 Å². The van der Waals surface area contributed by atoms with E-state index in [0.29, 0.717) is 66.9 Å². The summed E-state index contributed by atoms with van der Waals surface area (Å²) in [6.45, 7) is 5.02. The second kappa shape index (κ2) is 21.2. The average Bonchev–Trinajstić information content (AvgIpc) is 3.28. The van der Waals surface area contributed by atoms with E-state index in [4.69, 9.17) is 37.9 Å². The molecule has 2 saturated heterocycles. The number of carbonyl (C=O) groups is 2. The predicted molar refractivity (Wildman–Crippen MR) is 221 cm³/mol. The number of likely N-dealkylation sites (tertiary alicyclic amines) is 1. The third-order valence-electron chi connectivity index (χ3n) is 11.5. The van der Waals surface area contributed by atoms with Crippen molar-refractivity contribution in [1.82, 2.24) is 9.80 Å². The van der Waals surface area contributed by atoms with Gasteiger partial charge >= 0.3 is 5.97 Å². The van der Waals surface area contributed by atoms with Crippen LogP contribution in [-0.2, 0) is 25.5 Å². The van der Waals surface area contributed by atoms with Gasteiger partial charge in [-0.05, 0) is 110 Å². The largest absolute Gasteiger partial charge is 0.493 e. The molecule has 3 aromatic carbocycles. The van der Waals surface area contributed by atoms with E-state index in [1.54, 1.807) is 40.4 Å². The van der Waals surface area contributed by atoms with Crippen molar-refractivity contribution in [1.29, 1.82) is 0 Å². The zero-order chi connectivity index (χ0) is 40.9. The second-order valence-corrected chi connectivity index (χ2v) is 15.0. The minimum absolute atomic E-state index is 0.0668. The molecule has 0 N–H and O–H groups in total. The van der Waals surface area contributed by atoms with Crippen molar-refractivity contribution in [2.24, 2.45) is 5.92 Å². The number of methoxy groups -OCH3 is 5. The van der Waals surface area contributed by atoms with E-state index < -0.39 is 24.0 Å². The minimum Gasteiger partial charge on any atom is -0.493 e. The first-order valence-electron chi connectivity index (χ1n) is 20.6.